The lowest BCUT2D eigenvalue weighted by molar-refractivity contribution is 0.487. The summed E-state index contributed by atoms with van der Waals surface area (Å²) < 4.78 is 15.7. The van der Waals surface area contributed by atoms with Crippen LogP contribution < -0.4 is 4.74 Å². The molecule has 200 valence electrons. The van der Waals surface area contributed by atoms with Crippen LogP contribution in [0.15, 0.2) is 158 Å². The molecule has 1 aliphatic rings. The molecule has 0 saturated heterocycles. The van der Waals surface area contributed by atoms with Crippen LogP contribution in [0, 0.1) is 0 Å². The second-order valence-corrected chi connectivity index (χ2v) is 11.1. The van der Waals surface area contributed by atoms with Crippen LogP contribution in [0.25, 0.3) is 76.8 Å². The van der Waals surface area contributed by atoms with Gasteiger partial charge in [-0.15, -0.1) is 0 Å². The van der Waals surface area contributed by atoms with E-state index < -0.39 is 0 Å². The zero-order valence-electron chi connectivity index (χ0n) is 24.3. The Balaban J connectivity index is 1.35. The Morgan fingerprint density at radius 1 is 0.349 bits per heavy atom. The van der Waals surface area contributed by atoms with Crippen LogP contribution >= 0.6 is 0 Å². The number of benzene rings is 8. The molecule has 1 nitrogen and oxygen atoms in total. The van der Waals surface area contributed by atoms with E-state index in [0.29, 0.717) is 6.04 Å². The van der Waals surface area contributed by atoms with Crippen molar-refractivity contribution in [3.63, 3.8) is 0 Å². The molecule has 8 aromatic rings. The predicted octanol–water partition coefficient (Wildman–Crippen LogP) is 11.9. The number of ether oxygens (including phenoxy) is 1. The monoisotopic (exact) mass is 547 g/mol. The number of para-hydroxylation sites is 1. The molecule has 1 heterocycles. The smallest absolute Gasteiger partial charge is 0.135 e. The summed E-state index contributed by atoms with van der Waals surface area (Å²) in [5.41, 5.74) is 9.18. The van der Waals surface area contributed by atoms with Crippen molar-refractivity contribution in [1.82, 2.24) is 0 Å². The molecule has 0 aliphatic carbocycles. The van der Waals surface area contributed by atoms with Gasteiger partial charge in [0.05, 0.1) is 1.37 Å². The Kier molecular flexibility index (Phi) is 5.04. The highest BCUT2D eigenvalue weighted by molar-refractivity contribution is 6.24. The van der Waals surface area contributed by atoms with Crippen LogP contribution in [0.4, 0.5) is 0 Å². The molecule has 0 amide bonds. The predicted molar refractivity (Wildman–Crippen MR) is 181 cm³/mol. The van der Waals surface area contributed by atoms with Crippen molar-refractivity contribution in [2.45, 2.75) is 0 Å². The van der Waals surface area contributed by atoms with Gasteiger partial charge in [-0.1, -0.05) is 140 Å². The van der Waals surface area contributed by atoms with Crippen molar-refractivity contribution >= 4 is 32.3 Å². The van der Waals surface area contributed by atoms with Gasteiger partial charge in [0.1, 0.15) is 11.5 Å². The third kappa shape index (κ3) is 3.65. The Morgan fingerprint density at radius 3 is 1.79 bits per heavy atom. The summed E-state index contributed by atoms with van der Waals surface area (Å²) in [4.78, 5) is 0. The topological polar surface area (TPSA) is 9.23 Å². The maximum Gasteiger partial charge on any atom is 0.135 e. The molecule has 0 N–H and O–H groups in total. The Hall–Kier alpha value is -5.66. The van der Waals surface area contributed by atoms with Gasteiger partial charge in [-0.3, -0.25) is 0 Å². The quantitative estimate of drug-likeness (QED) is 0.200. The first-order valence-corrected chi connectivity index (χ1v) is 14.7. The first-order chi connectivity index (χ1) is 21.8. The maximum absolute atomic E-state index is 9.25. The van der Waals surface area contributed by atoms with Crippen LogP contribution in [0.3, 0.4) is 0 Å². The van der Waals surface area contributed by atoms with E-state index in [0.717, 1.165) is 66.2 Å². The molecule has 8 aromatic carbocycles. The van der Waals surface area contributed by atoms with E-state index in [9.17, 15) is 1.37 Å². The van der Waals surface area contributed by atoms with Gasteiger partial charge in [0.25, 0.3) is 0 Å². The lowest BCUT2D eigenvalue weighted by Crippen LogP contribution is -1.98. The van der Waals surface area contributed by atoms with Crippen molar-refractivity contribution in [3.8, 4) is 56.0 Å². The van der Waals surface area contributed by atoms with E-state index in [1.807, 2.05) is 30.3 Å². The van der Waals surface area contributed by atoms with Crippen LogP contribution in [-0.2, 0) is 0 Å². The number of hydrogen-bond donors (Lipinski definition) is 0. The third-order valence-electron chi connectivity index (χ3n) is 8.79. The molecule has 0 bridgehead atoms. The minimum absolute atomic E-state index is 0.521. The van der Waals surface area contributed by atoms with Crippen molar-refractivity contribution in [2.24, 2.45) is 0 Å². The normalized spacial score (nSPS) is 12.2. The number of rotatable bonds is 3. The third-order valence-corrected chi connectivity index (χ3v) is 8.79. The minimum Gasteiger partial charge on any atom is -0.456 e. The van der Waals surface area contributed by atoms with Crippen molar-refractivity contribution in [3.05, 3.63) is 158 Å². The second-order valence-electron chi connectivity index (χ2n) is 11.1. The first-order valence-electron chi connectivity index (χ1n) is 15.2. The summed E-state index contributed by atoms with van der Waals surface area (Å²) in [7, 11) is 0. The molecule has 0 unspecified atom stereocenters. The average molecular weight is 548 g/mol. The van der Waals surface area contributed by atoms with Crippen LogP contribution in [-0.4, -0.2) is 0 Å². The molecular formula is C42H26O. The largest absolute Gasteiger partial charge is 0.456 e. The molecule has 0 fully saturated rings. The molecule has 0 spiro atoms. The van der Waals surface area contributed by atoms with E-state index in [4.69, 9.17) is 4.74 Å². The first kappa shape index (κ1) is 23.0. The summed E-state index contributed by atoms with van der Waals surface area (Å²) in [6.45, 7) is 0. The molecule has 0 atom stereocenters. The van der Waals surface area contributed by atoms with Gasteiger partial charge in [-0.25, -0.2) is 0 Å². The van der Waals surface area contributed by atoms with Gasteiger partial charge in [0.2, 0.25) is 0 Å². The van der Waals surface area contributed by atoms with Crippen LogP contribution in [0.2, 0.25) is 0 Å². The fraction of sp³-hybridized carbons (Fsp3) is 0. The standard InChI is InChI=1S/C42H26O/c1-2-11-27(12-3-1)28-21-23-29(24-22-28)40-32-14-4-6-16-34(32)41(35-17-7-5-15-33(35)40)37-25-26-39-42-31(18-10-19-36(37)42)30-13-8-9-20-38(30)43-39/h1-26H/i16D. The van der Waals surface area contributed by atoms with Gasteiger partial charge in [0, 0.05) is 10.9 Å². The highest BCUT2D eigenvalue weighted by Crippen LogP contribution is 2.51. The fourth-order valence-corrected chi connectivity index (χ4v) is 6.90. The SMILES string of the molecule is [2H]c1cccc2c(-c3ccc(-c4ccccc4)cc3)c3ccccc3c(-c3ccc4c5c(cccc35)-c3ccccc3O4)c12. The summed E-state index contributed by atoms with van der Waals surface area (Å²) in [5.74, 6) is 1.75. The summed E-state index contributed by atoms with van der Waals surface area (Å²) >= 11 is 0. The van der Waals surface area contributed by atoms with Crippen molar-refractivity contribution in [2.75, 3.05) is 0 Å². The number of hydrogen-bond acceptors (Lipinski definition) is 1. The average Bonchev–Trinajstić information content (AvgIpc) is 3.08. The zero-order chi connectivity index (χ0) is 29.2. The highest BCUT2D eigenvalue weighted by atomic mass is 16.5. The fourth-order valence-electron chi connectivity index (χ4n) is 6.90. The lowest BCUT2D eigenvalue weighted by Gasteiger charge is -2.24. The minimum atomic E-state index is 0.521. The molecule has 1 heteroatoms. The summed E-state index contributed by atoms with van der Waals surface area (Å²) in [6.07, 6.45) is 0. The molecule has 43 heavy (non-hydrogen) atoms. The summed E-state index contributed by atoms with van der Waals surface area (Å²) in [5, 5.41) is 6.61. The lowest BCUT2D eigenvalue weighted by atomic mass is 9.83. The van der Waals surface area contributed by atoms with E-state index in [1.165, 1.54) is 22.1 Å². The highest BCUT2D eigenvalue weighted by Gasteiger charge is 2.23. The van der Waals surface area contributed by atoms with E-state index in [1.54, 1.807) is 0 Å². The molecule has 1 aliphatic heterocycles. The van der Waals surface area contributed by atoms with Gasteiger partial charge in [0.15, 0.2) is 0 Å². The maximum atomic E-state index is 9.25. The molecule has 0 saturated carbocycles. The van der Waals surface area contributed by atoms with Gasteiger partial charge in [-0.2, -0.15) is 0 Å². The number of fused-ring (bicyclic) bond motifs is 4. The summed E-state index contributed by atoms with van der Waals surface area (Å²) in [6, 6.07) is 53.6. The van der Waals surface area contributed by atoms with E-state index in [2.05, 4.69) is 121 Å². The zero-order valence-corrected chi connectivity index (χ0v) is 23.3. The molecular weight excluding hydrogens is 520 g/mol. The van der Waals surface area contributed by atoms with Crippen molar-refractivity contribution < 1.29 is 6.11 Å². The Morgan fingerprint density at radius 2 is 0.953 bits per heavy atom. The van der Waals surface area contributed by atoms with Gasteiger partial charge >= 0.3 is 0 Å². The van der Waals surface area contributed by atoms with Crippen LogP contribution in [0.5, 0.6) is 11.5 Å². The molecule has 9 rings (SSSR count). The van der Waals surface area contributed by atoms with Gasteiger partial charge < -0.3 is 4.74 Å². The Bertz CT molecular complexity index is 2410. The van der Waals surface area contributed by atoms with E-state index >= 15 is 0 Å². The van der Waals surface area contributed by atoms with E-state index in [-0.39, 0.29) is 0 Å². The van der Waals surface area contributed by atoms with Crippen LogP contribution in [0.1, 0.15) is 1.37 Å². The second kappa shape index (κ2) is 9.44. The van der Waals surface area contributed by atoms with Gasteiger partial charge in [-0.05, 0) is 84.1 Å². The van der Waals surface area contributed by atoms with Crippen molar-refractivity contribution in [1.29, 1.82) is 0 Å². The molecule has 0 radical (unpaired) electrons. The molecule has 0 aromatic heterocycles. The Labute approximate surface area is 251 Å².